The summed E-state index contributed by atoms with van der Waals surface area (Å²) in [6, 6.07) is 8.59. The molecular formula is C47H57N15O6. The van der Waals surface area contributed by atoms with Gasteiger partial charge in [0.05, 0.1) is 29.1 Å². The van der Waals surface area contributed by atoms with E-state index < -0.39 is 23.3 Å². The molecule has 356 valence electrons. The minimum Gasteiger partial charge on any atom is -0.491 e. The molecule has 68 heavy (non-hydrogen) atoms. The summed E-state index contributed by atoms with van der Waals surface area (Å²) in [5.41, 5.74) is 16.1. The molecule has 0 unspecified atom stereocenters. The number of nitrogens with zero attached hydrogens (tertiary/aromatic N) is 12. The zero-order chi connectivity index (χ0) is 48.4. The number of carbonyl (C=O) groups excluding carboxylic acids is 4. The van der Waals surface area contributed by atoms with Crippen molar-refractivity contribution in [3.8, 4) is 17.3 Å². The number of hydrogen-bond acceptors (Lipinski definition) is 13. The highest BCUT2D eigenvalue weighted by molar-refractivity contribution is 6.12. The van der Waals surface area contributed by atoms with Gasteiger partial charge in [0.1, 0.15) is 33.9 Å². The fourth-order valence-corrected chi connectivity index (χ4v) is 8.35. The number of nitrogens with one attached hydrogen (secondary N) is 1. The molecule has 5 N–H and O–H groups in total. The van der Waals surface area contributed by atoms with Crippen LogP contribution in [-0.4, -0.2) is 127 Å². The van der Waals surface area contributed by atoms with Crippen LogP contribution in [0.1, 0.15) is 83.6 Å². The summed E-state index contributed by atoms with van der Waals surface area (Å²) in [6.07, 6.45) is 7.36. The number of aromatic nitrogens is 10. The average Bonchev–Trinajstić information content (AvgIpc) is 4.06. The molecule has 0 spiro atoms. The van der Waals surface area contributed by atoms with Crippen molar-refractivity contribution in [2.45, 2.75) is 86.7 Å². The number of allylic oxidation sites excluding steroid dienone is 2. The van der Waals surface area contributed by atoms with Crippen LogP contribution in [0.4, 0.5) is 10.7 Å². The van der Waals surface area contributed by atoms with Crippen LogP contribution < -0.4 is 21.5 Å². The van der Waals surface area contributed by atoms with Gasteiger partial charge in [-0.15, -0.1) is 0 Å². The van der Waals surface area contributed by atoms with Crippen molar-refractivity contribution in [1.29, 1.82) is 0 Å². The zero-order valence-electron chi connectivity index (χ0n) is 39.4. The van der Waals surface area contributed by atoms with Gasteiger partial charge in [0.25, 0.3) is 5.91 Å². The second-order valence-corrected chi connectivity index (χ2v) is 17.7. The lowest BCUT2D eigenvalue weighted by Gasteiger charge is -2.35. The second-order valence-electron chi connectivity index (χ2n) is 17.7. The Labute approximate surface area is 392 Å². The minimum atomic E-state index is -0.657. The van der Waals surface area contributed by atoms with E-state index >= 15 is 0 Å². The first-order valence-electron chi connectivity index (χ1n) is 22.7. The number of rotatable bonds is 16. The van der Waals surface area contributed by atoms with Crippen LogP contribution in [0.3, 0.4) is 0 Å². The number of hydrogen-bond donors (Lipinski definition) is 3. The van der Waals surface area contributed by atoms with Gasteiger partial charge >= 0.3 is 6.09 Å². The number of carbonyl (C=O) groups is 4. The van der Waals surface area contributed by atoms with Gasteiger partial charge in [-0.25, -0.2) is 24.7 Å². The molecule has 0 saturated carbocycles. The average molecular weight is 928 g/mol. The van der Waals surface area contributed by atoms with Crippen LogP contribution in [0.25, 0.3) is 44.6 Å². The maximum absolute atomic E-state index is 13.6. The fourth-order valence-electron chi connectivity index (χ4n) is 8.35. The van der Waals surface area contributed by atoms with E-state index in [4.69, 9.17) is 30.9 Å². The first-order valence-corrected chi connectivity index (χ1v) is 22.7. The van der Waals surface area contributed by atoms with Crippen molar-refractivity contribution < 1.29 is 28.7 Å². The van der Waals surface area contributed by atoms with Gasteiger partial charge in [0.2, 0.25) is 17.8 Å². The lowest BCUT2D eigenvalue weighted by Crippen LogP contribution is -2.50. The molecule has 21 nitrogen and oxygen atoms in total. The van der Waals surface area contributed by atoms with Gasteiger partial charge in [0.15, 0.2) is 11.5 Å². The number of imidazole rings is 1. The number of ether oxygens (including phenoxy) is 2. The summed E-state index contributed by atoms with van der Waals surface area (Å²) in [6.45, 7) is 18.4. The number of piperazine rings is 1. The molecule has 1 aliphatic heterocycles. The van der Waals surface area contributed by atoms with E-state index in [-0.39, 0.29) is 29.7 Å². The highest BCUT2D eigenvalue weighted by Gasteiger charge is 2.27. The van der Waals surface area contributed by atoms with Crippen LogP contribution in [0.2, 0.25) is 0 Å². The van der Waals surface area contributed by atoms with E-state index in [0.29, 0.717) is 115 Å². The van der Waals surface area contributed by atoms with Crippen LogP contribution >= 0.6 is 0 Å². The van der Waals surface area contributed by atoms with E-state index in [9.17, 15) is 19.2 Å². The van der Waals surface area contributed by atoms with Gasteiger partial charge in [-0.05, 0) is 85.2 Å². The van der Waals surface area contributed by atoms with Crippen LogP contribution in [0, 0.1) is 13.8 Å². The summed E-state index contributed by atoms with van der Waals surface area (Å²) in [5.74, 6) is -0.537. The third kappa shape index (κ3) is 9.87. The maximum atomic E-state index is 13.6. The maximum Gasteiger partial charge on any atom is 0.410 e. The number of fused-ring (bicyclic) bond motifs is 4. The lowest BCUT2D eigenvalue weighted by atomic mass is 10.1. The second kappa shape index (κ2) is 19.3. The molecule has 8 rings (SSSR count). The van der Waals surface area contributed by atoms with Crippen molar-refractivity contribution in [3.63, 3.8) is 0 Å². The first-order chi connectivity index (χ1) is 32.5. The van der Waals surface area contributed by atoms with Crippen molar-refractivity contribution in [1.82, 2.24) is 58.4 Å². The van der Waals surface area contributed by atoms with Crippen molar-refractivity contribution >= 4 is 62.9 Å². The van der Waals surface area contributed by atoms with E-state index in [0.717, 1.165) is 17.9 Å². The molecule has 4 amide bonds. The molecule has 21 heteroatoms. The summed E-state index contributed by atoms with van der Waals surface area (Å²) >= 11 is 0. The van der Waals surface area contributed by atoms with Crippen LogP contribution in [0.5, 0.6) is 5.75 Å². The Kier molecular flexibility index (Phi) is 13.3. The topological polar surface area (TPSA) is 254 Å². The molecule has 1 saturated heterocycles. The summed E-state index contributed by atoms with van der Waals surface area (Å²) < 4.78 is 19.3. The van der Waals surface area contributed by atoms with E-state index in [1.165, 1.54) is 12.3 Å². The molecule has 7 aromatic rings. The molecule has 7 heterocycles. The Balaban J connectivity index is 1.11. The summed E-state index contributed by atoms with van der Waals surface area (Å²) in [4.78, 5) is 74.3. The Morgan fingerprint density at radius 1 is 0.779 bits per heavy atom. The van der Waals surface area contributed by atoms with Gasteiger partial charge in [-0.1, -0.05) is 12.2 Å². The molecule has 1 fully saturated rings. The molecular weight excluding hydrogens is 871 g/mol. The van der Waals surface area contributed by atoms with Crippen molar-refractivity contribution in [3.05, 3.63) is 83.1 Å². The largest absolute Gasteiger partial charge is 0.491 e. The highest BCUT2D eigenvalue weighted by atomic mass is 16.6. The Hall–Kier alpha value is -7.68. The third-order valence-corrected chi connectivity index (χ3v) is 11.5. The molecule has 0 atom stereocenters. The Morgan fingerprint density at radius 2 is 1.47 bits per heavy atom. The molecule has 0 bridgehead atoms. The van der Waals surface area contributed by atoms with Crippen molar-refractivity contribution in [2.75, 3.05) is 44.6 Å². The summed E-state index contributed by atoms with van der Waals surface area (Å²) in [7, 11) is 0. The number of nitrogens with two attached hydrogens (primary N) is 2. The lowest BCUT2D eigenvalue weighted by molar-refractivity contribution is 0.0141. The minimum absolute atomic E-state index is 0.177. The fraction of sp³-hybridized carbons (Fsp3) is 0.404. The highest BCUT2D eigenvalue weighted by Crippen LogP contribution is 2.37. The van der Waals surface area contributed by atoms with Gasteiger partial charge in [-0.3, -0.25) is 38.5 Å². The number of aryl methyl sites for hydroxylation is 4. The number of anilines is 1. The van der Waals surface area contributed by atoms with E-state index in [2.05, 4.69) is 30.4 Å². The summed E-state index contributed by atoms with van der Waals surface area (Å²) in [5, 5.41) is 13.3. The predicted octanol–water partition coefficient (Wildman–Crippen LogP) is 5.07. The predicted molar refractivity (Wildman–Crippen MR) is 255 cm³/mol. The smallest absolute Gasteiger partial charge is 0.410 e. The number of amides is 4. The molecule has 6 aromatic heterocycles. The quantitative estimate of drug-likeness (QED) is 0.0846. The van der Waals surface area contributed by atoms with Crippen LogP contribution in [0.15, 0.2) is 54.9 Å². The first kappa shape index (κ1) is 46.8. The Morgan fingerprint density at radius 3 is 2.16 bits per heavy atom. The van der Waals surface area contributed by atoms with Gasteiger partial charge in [-0.2, -0.15) is 10.2 Å². The van der Waals surface area contributed by atoms with E-state index in [1.54, 1.807) is 38.5 Å². The van der Waals surface area contributed by atoms with Crippen LogP contribution in [-0.2, 0) is 30.9 Å². The standard InChI is InChI=1S/C47H57N15O6/c1-8-61-35(21-28(3)55-61)41-50-27-33-32-23-30(39(48)63)25-37(67-20-12-13-57-16-18-58(19-17-57)46(66)68-47(5,6)7)38(32)59(42(33)53-41)14-10-11-15-60-43-34(24-31(26-51-43)40(49)64)52-45(60)54-44(65)36-22-29(4)56-62(36)9-2/h10-11,21-27H,8-9,12-20H2,1-7H3,(H2,48,63)(H2,49,64)(H,52,54,65)/b11-10+. The number of benzene rings is 1. The number of primary amides is 2. The number of pyridine rings is 1. The normalized spacial score (nSPS) is 13.6. The van der Waals surface area contributed by atoms with Gasteiger partial charge in [0, 0.05) is 87.6 Å². The SMILES string of the molecule is CCn1nc(C)cc1C(=O)Nc1nc2cc(C(N)=O)cnc2n1C/C=C/Cn1c2nc(-c3cc(C)nn3CC)ncc2c2cc(C(N)=O)cc(OCCCN3CCN(C(=O)OC(C)(C)C)CC3)c21. The molecule has 0 radical (unpaired) electrons. The zero-order valence-corrected chi connectivity index (χ0v) is 39.4. The molecule has 1 aliphatic rings. The van der Waals surface area contributed by atoms with E-state index in [1.807, 2.05) is 75.9 Å². The third-order valence-electron chi connectivity index (χ3n) is 11.5. The van der Waals surface area contributed by atoms with Crippen molar-refractivity contribution in [2.24, 2.45) is 11.5 Å². The monoisotopic (exact) mass is 927 g/mol. The van der Waals surface area contributed by atoms with Gasteiger partial charge < -0.3 is 30.4 Å². The molecule has 0 aliphatic carbocycles. The Bertz CT molecular complexity index is 3090. The molecule has 1 aromatic carbocycles.